The molecule has 0 aromatic heterocycles. The zero-order chi connectivity index (χ0) is 26.6. The van der Waals surface area contributed by atoms with Crippen LogP contribution in [0.15, 0.2) is 48.5 Å². The topological polar surface area (TPSA) is 85.4 Å². The van der Waals surface area contributed by atoms with E-state index in [2.05, 4.69) is 39.4 Å². The standard InChI is InChI=1S/C30H42N4O4/c35-19-18-32-14-16-34(17-15-32)30(37)12-10-25-9-11-28-27(21-25)23-33(22-26-7-3-1-4-8-26)24-29(36)31-13-5-2-6-20-38-28/h1,3-4,7-9,11,21,35H,2,5-6,10,12-20,22-24H2,(H,31,36). The Bertz CT molecular complexity index is 1020. The third kappa shape index (κ3) is 8.82. The van der Waals surface area contributed by atoms with Gasteiger partial charge in [0.15, 0.2) is 0 Å². The van der Waals surface area contributed by atoms with Crippen LogP contribution in [0, 0.1) is 0 Å². The van der Waals surface area contributed by atoms with Crippen LogP contribution in [0.25, 0.3) is 0 Å². The van der Waals surface area contributed by atoms with E-state index in [1.165, 1.54) is 0 Å². The first-order chi connectivity index (χ1) is 18.6. The Morgan fingerprint density at radius 3 is 2.53 bits per heavy atom. The fourth-order valence-electron chi connectivity index (χ4n) is 5.15. The maximum Gasteiger partial charge on any atom is 0.234 e. The van der Waals surface area contributed by atoms with Crippen LogP contribution in [0.4, 0.5) is 0 Å². The Morgan fingerprint density at radius 2 is 1.74 bits per heavy atom. The number of carbonyl (C=O) groups is 2. The Hall–Kier alpha value is -2.94. The van der Waals surface area contributed by atoms with Crippen molar-refractivity contribution in [1.29, 1.82) is 0 Å². The molecule has 0 aliphatic carbocycles. The Labute approximate surface area is 226 Å². The predicted molar refractivity (Wildman–Crippen MR) is 148 cm³/mol. The van der Waals surface area contributed by atoms with Gasteiger partial charge in [0.2, 0.25) is 11.8 Å². The summed E-state index contributed by atoms with van der Waals surface area (Å²) in [6.07, 6.45) is 4.05. The van der Waals surface area contributed by atoms with E-state index in [4.69, 9.17) is 9.84 Å². The number of ether oxygens (including phenoxy) is 1. The smallest absolute Gasteiger partial charge is 0.234 e. The number of hydrogen-bond donors (Lipinski definition) is 2. The van der Waals surface area contributed by atoms with Gasteiger partial charge in [0.05, 0.1) is 19.8 Å². The molecule has 0 unspecified atom stereocenters. The van der Waals surface area contributed by atoms with Gasteiger partial charge in [-0.25, -0.2) is 0 Å². The molecule has 0 radical (unpaired) electrons. The highest BCUT2D eigenvalue weighted by atomic mass is 16.5. The lowest BCUT2D eigenvalue weighted by Crippen LogP contribution is -2.49. The molecule has 1 saturated heterocycles. The molecule has 2 aromatic rings. The molecule has 206 valence electrons. The molecule has 0 spiro atoms. The SMILES string of the molecule is O=C1CN(Cc2ccccc2)Cc2cc(CCC(=O)N3CCN(CCO)CC3)ccc2OCCCCCN1. The minimum atomic E-state index is 0.0449. The third-order valence-electron chi connectivity index (χ3n) is 7.30. The van der Waals surface area contributed by atoms with Gasteiger partial charge in [-0.15, -0.1) is 0 Å². The first-order valence-electron chi connectivity index (χ1n) is 14.0. The van der Waals surface area contributed by atoms with E-state index in [0.717, 1.165) is 54.8 Å². The number of benzene rings is 2. The first-order valence-corrected chi connectivity index (χ1v) is 14.0. The summed E-state index contributed by atoms with van der Waals surface area (Å²) in [5, 5.41) is 12.2. The minimum absolute atomic E-state index is 0.0449. The number of carbonyl (C=O) groups excluding carboxylic acids is 2. The fourth-order valence-corrected chi connectivity index (χ4v) is 5.15. The first kappa shape index (κ1) is 28.1. The molecule has 2 aliphatic heterocycles. The highest BCUT2D eigenvalue weighted by Crippen LogP contribution is 2.25. The number of piperazine rings is 1. The van der Waals surface area contributed by atoms with Crippen molar-refractivity contribution in [2.24, 2.45) is 0 Å². The number of β-amino-alcohol motifs (C(OH)–C–C–N with tert-alkyl or cyclic N) is 1. The van der Waals surface area contributed by atoms with Crippen molar-refractivity contribution in [1.82, 2.24) is 20.0 Å². The summed E-state index contributed by atoms with van der Waals surface area (Å²) in [5.74, 6) is 1.08. The molecule has 2 N–H and O–H groups in total. The molecule has 0 atom stereocenters. The Balaban J connectivity index is 1.44. The van der Waals surface area contributed by atoms with Crippen molar-refractivity contribution in [3.8, 4) is 5.75 Å². The number of fused-ring (bicyclic) bond motifs is 1. The van der Waals surface area contributed by atoms with Crippen molar-refractivity contribution in [3.05, 3.63) is 65.2 Å². The van der Waals surface area contributed by atoms with Crippen LogP contribution in [0.1, 0.15) is 42.4 Å². The summed E-state index contributed by atoms with van der Waals surface area (Å²) in [4.78, 5) is 31.9. The van der Waals surface area contributed by atoms with E-state index >= 15 is 0 Å². The Kier molecular flexibility index (Phi) is 11.0. The molecule has 2 aromatic carbocycles. The van der Waals surface area contributed by atoms with Crippen molar-refractivity contribution in [2.75, 3.05) is 59.0 Å². The van der Waals surface area contributed by atoms with Gasteiger partial charge in [-0.1, -0.05) is 42.5 Å². The van der Waals surface area contributed by atoms with Crippen molar-refractivity contribution < 1.29 is 19.4 Å². The molecule has 38 heavy (non-hydrogen) atoms. The van der Waals surface area contributed by atoms with Gasteiger partial charge >= 0.3 is 0 Å². The van der Waals surface area contributed by atoms with E-state index in [-0.39, 0.29) is 18.4 Å². The van der Waals surface area contributed by atoms with Gasteiger partial charge < -0.3 is 20.1 Å². The number of rotatable bonds is 7. The second-order valence-corrected chi connectivity index (χ2v) is 10.3. The van der Waals surface area contributed by atoms with Gasteiger partial charge in [0.25, 0.3) is 0 Å². The lowest BCUT2D eigenvalue weighted by Gasteiger charge is -2.34. The van der Waals surface area contributed by atoms with E-state index < -0.39 is 0 Å². The zero-order valence-electron chi connectivity index (χ0n) is 22.4. The maximum atomic E-state index is 12.9. The summed E-state index contributed by atoms with van der Waals surface area (Å²) < 4.78 is 6.20. The average Bonchev–Trinajstić information content (AvgIpc) is 2.94. The number of hydrogen-bond acceptors (Lipinski definition) is 6. The molecule has 0 saturated carbocycles. The van der Waals surface area contributed by atoms with Gasteiger partial charge in [0.1, 0.15) is 5.75 Å². The number of aliphatic hydroxyl groups is 1. The second-order valence-electron chi connectivity index (χ2n) is 10.3. The molecule has 0 bridgehead atoms. The average molecular weight is 523 g/mol. The van der Waals surface area contributed by atoms with Crippen LogP contribution in [-0.2, 0) is 29.1 Å². The summed E-state index contributed by atoms with van der Waals surface area (Å²) in [7, 11) is 0. The zero-order valence-corrected chi connectivity index (χ0v) is 22.4. The molecule has 2 heterocycles. The van der Waals surface area contributed by atoms with Crippen LogP contribution in [-0.4, -0.2) is 90.6 Å². The number of aryl methyl sites for hydroxylation is 1. The molecule has 8 heteroatoms. The van der Waals surface area contributed by atoms with E-state index in [1.807, 2.05) is 29.2 Å². The molecular formula is C30H42N4O4. The van der Waals surface area contributed by atoms with E-state index in [9.17, 15) is 9.59 Å². The van der Waals surface area contributed by atoms with E-state index in [1.54, 1.807) is 0 Å². The van der Waals surface area contributed by atoms with Gasteiger partial charge in [-0.3, -0.25) is 19.4 Å². The van der Waals surface area contributed by atoms with Gasteiger partial charge in [0, 0.05) is 64.3 Å². The van der Waals surface area contributed by atoms with Gasteiger partial charge in [-0.2, -0.15) is 0 Å². The van der Waals surface area contributed by atoms with Gasteiger partial charge in [-0.05, 0) is 42.9 Å². The van der Waals surface area contributed by atoms with Crippen molar-refractivity contribution >= 4 is 11.8 Å². The summed E-state index contributed by atoms with van der Waals surface area (Å²) in [6.45, 7) is 6.80. The molecular weight excluding hydrogens is 480 g/mol. The number of nitrogens with one attached hydrogen (secondary N) is 1. The summed E-state index contributed by atoms with van der Waals surface area (Å²) in [5.41, 5.74) is 3.32. The molecule has 1 fully saturated rings. The predicted octanol–water partition coefficient (Wildman–Crippen LogP) is 2.44. The molecule has 2 amide bonds. The van der Waals surface area contributed by atoms with Crippen LogP contribution >= 0.6 is 0 Å². The molecule has 2 aliphatic rings. The summed E-state index contributed by atoms with van der Waals surface area (Å²) >= 11 is 0. The quantitative estimate of drug-likeness (QED) is 0.581. The van der Waals surface area contributed by atoms with Crippen LogP contribution in [0.2, 0.25) is 0 Å². The molecule has 4 rings (SSSR count). The van der Waals surface area contributed by atoms with Crippen molar-refractivity contribution in [3.63, 3.8) is 0 Å². The third-order valence-corrected chi connectivity index (χ3v) is 7.30. The van der Waals surface area contributed by atoms with Crippen LogP contribution < -0.4 is 10.1 Å². The summed E-state index contributed by atoms with van der Waals surface area (Å²) in [6, 6.07) is 16.5. The largest absolute Gasteiger partial charge is 0.493 e. The lowest BCUT2D eigenvalue weighted by atomic mass is 10.0. The van der Waals surface area contributed by atoms with Crippen LogP contribution in [0.3, 0.4) is 0 Å². The fraction of sp³-hybridized carbons (Fsp3) is 0.533. The number of aliphatic hydroxyl groups excluding tert-OH is 1. The lowest BCUT2D eigenvalue weighted by molar-refractivity contribution is -0.133. The minimum Gasteiger partial charge on any atom is -0.493 e. The monoisotopic (exact) mass is 522 g/mol. The molecule has 8 nitrogen and oxygen atoms in total. The maximum absolute atomic E-state index is 12.9. The van der Waals surface area contributed by atoms with Crippen molar-refractivity contribution in [2.45, 2.75) is 45.2 Å². The number of amides is 2. The highest BCUT2D eigenvalue weighted by molar-refractivity contribution is 5.78. The van der Waals surface area contributed by atoms with E-state index in [0.29, 0.717) is 65.3 Å². The normalized spacial score (nSPS) is 18.3. The highest BCUT2D eigenvalue weighted by Gasteiger charge is 2.21. The Morgan fingerprint density at radius 1 is 0.921 bits per heavy atom. The second kappa shape index (κ2) is 14.9. The van der Waals surface area contributed by atoms with Crippen LogP contribution in [0.5, 0.6) is 5.75 Å². The number of nitrogens with zero attached hydrogens (tertiary/aromatic N) is 3.